The molecule has 0 radical (unpaired) electrons. The second kappa shape index (κ2) is 6.67. The van der Waals surface area contributed by atoms with E-state index in [4.69, 9.17) is 10.4 Å². The Morgan fingerprint density at radius 3 is 2.62 bits per heavy atom. The number of carboxylic acid groups (broad SMARTS) is 1. The van der Waals surface area contributed by atoms with Gasteiger partial charge in [0.05, 0.1) is 12.5 Å². The summed E-state index contributed by atoms with van der Waals surface area (Å²) in [6, 6.07) is 14.2. The molecule has 0 aromatic heterocycles. The highest BCUT2D eigenvalue weighted by molar-refractivity contribution is 5.69. The molecule has 0 saturated heterocycles. The van der Waals surface area contributed by atoms with Gasteiger partial charge in [0, 0.05) is 6.42 Å². The van der Waals surface area contributed by atoms with Crippen LogP contribution in [0.4, 0.5) is 4.39 Å². The topological polar surface area (TPSA) is 61.1 Å². The van der Waals surface area contributed by atoms with E-state index in [1.54, 1.807) is 12.1 Å². The van der Waals surface area contributed by atoms with Crippen LogP contribution in [0.5, 0.6) is 0 Å². The highest BCUT2D eigenvalue weighted by Gasteiger charge is 2.09. The van der Waals surface area contributed by atoms with Gasteiger partial charge < -0.3 is 5.11 Å². The fraction of sp³-hybridized carbons (Fsp3) is 0.176. The van der Waals surface area contributed by atoms with Crippen molar-refractivity contribution in [2.45, 2.75) is 19.3 Å². The van der Waals surface area contributed by atoms with E-state index in [1.807, 2.05) is 24.3 Å². The van der Waals surface area contributed by atoms with Crippen LogP contribution in [0.25, 0.3) is 11.1 Å². The molecule has 0 amide bonds. The molecule has 0 aliphatic heterocycles. The summed E-state index contributed by atoms with van der Waals surface area (Å²) in [4.78, 5) is 10.5. The van der Waals surface area contributed by atoms with Gasteiger partial charge in [-0.05, 0) is 34.7 Å². The Bertz CT molecular complexity index is 704. The summed E-state index contributed by atoms with van der Waals surface area (Å²) in [7, 11) is 0. The van der Waals surface area contributed by atoms with Gasteiger partial charge in [-0.3, -0.25) is 4.79 Å². The summed E-state index contributed by atoms with van der Waals surface area (Å²) in [5, 5.41) is 17.5. The third kappa shape index (κ3) is 3.67. The Kier molecular flexibility index (Phi) is 4.68. The second-order valence-corrected chi connectivity index (χ2v) is 4.69. The lowest BCUT2D eigenvalue weighted by Crippen LogP contribution is -1.99. The first-order chi connectivity index (χ1) is 10.1. The molecule has 0 heterocycles. The molecule has 1 N–H and O–H groups in total. The van der Waals surface area contributed by atoms with Crippen LogP contribution < -0.4 is 0 Å². The molecule has 0 atom stereocenters. The molecular weight excluding hydrogens is 269 g/mol. The minimum absolute atomic E-state index is 0.0959. The van der Waals surface area contributed by atoms with E-state index in [9.17, 15) is 9.18 Å². The Balaban J connectivity index is 2.32. The average Bonchev–Trinajstić information content (AvgIpc) is 2.47. The van der Waals surface area contributed by atoms with E-state index >= 15 is 0 Å². The Hall–Kier alpha value is -2.67. The second-order valence-electron chi connectivity index (χ2n) is 4.69. The number of aliphatic carboxylic acids is 1. The van der Waals surface area contributed by atoms with Gasteiger partial charge in [0.1, 0.15) is 5.82 Å². The molecule has 2 aromatic carbocycles. The van der Waals surface area contributed by atoms with Crippen molar-refractivity contribution in [1.29, 1.82) is 5.26 Å². The molecule has 21 heavy (non-hydrogen) atoms. The van der Waals surface area contributed by atoms with Crippen molar-refractivity contribution in [3.8, 4) is 17.2 Å². The molecule has 0 saturated carbocycles. The summed E-state index contributed by atoms with van der Waals surface area (Å²) in [5.41, 5.74) is 2.75. The molecule has 106 valence electrons. The Morgan fingerprint density at radius 2 is 1.95 bits per heavy atom. The van der Waals surface area contributed by atoms with Crippen molar-refractivity contribution in [1.82, 2.24) is 0 Å². The summed E-state index contributed by atoms with van der Waals surface area (Å²) in [5.74, 6) is -1.36. The maximum Gasteiger partial charge on any atom is 0.303 e. The van der Waals surface area contributed by atoms with Crippen LogP contribution in [0.15, 0.2) is 42.5 Å². The molecule has 0 aliphatic rings. The number of rotatable bonds is 5. The molecule has 0 spiro atoms. The van der Waals surface area contributed by atoms with E-state index in [0.717, 1.165) is 11.1 Å². The number of halogens is 1. The quantitative estimate of drug-likeness (QED) is 0.912. The van der Waals surface area contributed by atoms with Crippen LogP contribution in [0.1, 0.15) is 17.5 Å². The standard InChI is InChI=1S/C17H14FNO2/c18-16-11-14(6-5-13(16)7-8-17(20)21)15-4-2-1-3-12(15)9-10-19/h1-6,11H,7-9H2,(H,20,21). The van der Waals surface area contributed by atoms with Crippen LogP contribution in [0.2, 0.25) is 0 Å². The summed E-state index contributed by atoms with van der Waals surface area (Å²) in [6.07, 6.45) is 0.334. The van der Waals surface area contributed by atoms with Crippen molar-refractivity contribution in [2.75, 3.05) is 0 Å². The SMILES string of the molecule is N#CCc1ccccc1-c1ccc(CCC(=O)O)c(F)c1. The summed E-state index contributed by atoms with van der Waals surface area (Å²) < 4.78 is 14.0. The lowest BCUT2D eigenvalue weighted by atomic mass is 9.96. The van der Waals surface area contributed by atoms with Crippen LogP contribution in [0.3, 0.4) is 0 Å². The molecule has 3 nitrogen and oxygen atoms in total. The normalized spacial score (nSPS) is 10.1. The fourth-order valence-electron chi connectivity index (χ4n) is 2.20. The van der Waals surface area contributed by atoms with E-state index in [2.05, 4.69) is 6.07 Å². The first-order valence-corrected chi connectivity index (χ1v) is 6.57. The number of benzene rings is 2. The van der Waals surface area contributed by atoms with Gasteiger partial charge in [-0.1, -0.05) is 36.4 Å². The molecule has 4 heteroatoms. The van der Waals surface area contributed by atoms with Gasteiger partial charge in [0.15, 0.2) is 0 Å². The lowest BCUT2D eigenvalue weighted by Gasteiger charge is -2.09. The number of carboxylic acids is 1. The predicted molar refractivity (Wildman–Crippen MR) is 77.1 cm³/mol. The van der Waals surface area contributed by atoms with Crippen LogP contribution in [-0.2, 0) is 17.6 Å². The predicted octanol–water partition coefficient (Wildman–Crippen LogP) is 3.58. The highest BCUT2D eigenvalue weighted by Crippen LogP contribution is 2.26. The number of aryl methyl sites for hydroxylation is 1. The van der Waals surface area contributed by atoms with Crippen molar-refractivity contribution >= 4 is 5.97 Å². The van der Waals surface area contributed by atoms with Crippen LogP contribution in [0, 0.1) is 17.1 Å². The number of hydrogen-bond donors (Lipinski definition) is 1. The number of hydrogen-bond acceptors (Lipinski definition) is 2. The molecule has 0 fully saturated rings. The molecule has 0 unspecified atom stereocenters. The first kappa shape index (κ1) is 14.7. The van der Waals surface area contributed by atoms with Gasteiger partial charge in [-0.2, -0.15) is 5.26 Å². The lowest BCUT2D eigenvalue weighted by molar-refractivity contribution is -0.136. The van der Waals surface area contributed by atoms with Gasteiger partial charge in [0.2, 0.25) is 0 Å². The van der Waals surface area contributed by atoms with Gasteiger partial charge in [-0.15, -0.1) is 0 Å². The van der Waals surface area contributed by atoms with Crippen molar-refractivity contribution in [3.05, 3.63) is 59.4 Å². The summed E-state index contributed by atoms with van der Waals surface area (Å²) in [6.45, 7) is 0. The third-order valence-corrected chi connectivity index (χ3v) is 3.26. The molecular formula is C17H14FNO2. The van der Waals surface area contributed by atoms with Crippen LogP contribution >= 0.6 is 0 Å². The van der Waals surface area contributed by atoms with Crippen molar-refractivity contribution in [3.63, 3.8) is 0 Å². The largest absolute Gasteiger partial charge is 0.481 e. The molecule has 0 bridgehead atoms. The van der Waals surface area contributed by atoms with E-state index in [1.165, 1.54) is 6.07 Å². The maximum absolute atomic E-state index is 14.0. The number of nitrogens with zero attached hydrogens (tertiary/aromatic N) is 1. The molecule has 2 aromatic rings. The van der Waals surface area contributed by atoms with E-state index in [0.29, 0.717) is 11.1 Å². The zero-order chi connectivity index (χ0) is 15.2. The fourth-order valence-corrected chi connectivity index (χ4v) is 2.20. The van der Waals surface area contributed by atoms with E-state index < -0.39 is 11.8 Å². The zero-order valence-corrected chi connectivity index (χ0v) is 11.3. The number of carbonyl (C=O) groups is 1. The summed E-state index contributed by atoms with van der Waals surface area (Å²) >= 11 is 0. The van der Waals surface area contributed by atoms with Gasteiger partial charge in [-0.25, -0.2) is 4.39 Å². The number of nitriles is 1. The Morgan fingerprint density at radius 1 is 1.19 bits per heavy atom. The van der Waals surface area contributed by atoms with Gasteiger partial charge in [0.25, 0.3) is 0 Å². The first-order valence-electron chi connectivity index (χ1n) is 6.57. The molecule has 0 aliphatic carbocycles. The Labute approximate surface area is 122 Å². The van der Waals surface area contributed by atoms with Crippen molar-refractivity contribution < 1.29 is 14.3 Å². The molecule has 2 rings (SSSR count). The average molecular weight is 283 g/mol. The maximum atomic E-state index is 14.0. The van der Waals surface area contributed by atoms with Crippen LogP contribution in [-0.4, -0.2) is 11.1 Å². The highest BCUT2D eigenvalue weighted by atomic mass is 19.1. The minimum atomic E-state index is -0.946. The smallest absolute Gasteiger partial charge is 0.303 e. The minimum Gasteiger partial charge on any atom is -0.481 e. The monoisotopic (exact) mass is 283 g/mol. The third-order valence-electron chi connectivity index (χ3n) is 3.26. The van der Waals surface area contributed by atoms with Gasteiger partial charge >= 0.3 is 5.97 Å². The van der Waals surface area contributed by atoms with E-state index in [-0.39, 0.29) is 19.3 Å². The van der Waals surface area contributed by atoms with Crippen molar-refractivity contribution in [2.24, 2.45) is 0 Å². The zero-order valence-electron chi connectivity index (χ0n) is 11.3.